The van der Waals surface area contributed by atoms with Crippen LogP contribution in [0.4, 0.5) is 0 Å². The Bertz CT molecular complexity index is 598. The predicted molar refractivity (Wildman–Crippen MR) is 84.1 cm³/mol. The summed E-state index contributed by atoms with van der Waals surface area (Å²) in [6.45, 7) is 0.528. The van der Waals surface area contributed by atoms with Crippen molar-refractivity contribution in [2.24, 2.45) is 0 Å². The molecule has 1 amide bonds. The lowest BCUT2D eigenvalue weighted by Gasteiger charge is -2.06. The zero-order valence-electron chi connectivity index (χ0n) is 9.82. The predicted octanol–water partition coefficient (Wildman–Crippen LogP) is 4.32. The fraction of sp³-hybridized carbons (Fsp3) is 0.154. The van der Waals surface area contributed by atoms with Crippen molar-refractivity contribution in [2.45, 2.75) is 11.3 Å². The Kier molecular flexibility index (Phi) is 5.16. The molecule has 1 aromatic heterocycles. The number of rotatable bonds is 4. The maximum absolute atomic E-state index is 11.8. The van der Waals surface area contributed by atoms with E-state index in [4.69, 9.17) is 23.2 Å². The molecular formula is C13H11Cl2NOS2. The molecule has 0 bridgehead atoms. The molecule has 0 saturated carbocycles. The van der Waals surface area contributed by atoms with E-state index in [-0.39, 0.29) is 5.91 Å². The average Bonchev–Trinajstić information content (AvgIpc) is 2.78. The van der Waals surface area contributed by atoms with Gasteiger partial charge in [-0.05, 0) is 30.2 Å². The molecule has 0 saturated heterocycles. The number of hydrogen-bond acceptors (Lipinski definition) is 3. The van der Waals surface area contributed by atoms with E-state index in [0.29, 0.717) is 27.9 Å². The van der Waals surface area contributed by atoms with Gasteiger partial charge in [0, 0.05) is 26.9 Å². The summed E-state index contributed by atoms with van der Waals surface area (Å²) in [5.41, 5.74) is 0.965. The zero-order chi connectivity index (χ0) is 13.8. The van der Waals surface area contributed by atoms with Crippen molar-refractivity contribution in [3.63, 3.8) is 0 Å². The molecule has 1 aromatic carbocycles. The molecule has 6 heteroatoms. The molecule has 0 aliphatic heterocycles. The van der Waals surface area contributed by atoms with Gasteiger partial charge < -0.3 is 5.32 Å². The van der Waals surface area contributed by atoms with Crippen molar-refractivity contribution < 1.29 is 4.79 Å². The van der Waals surface area contributed by atoms with Crippen molar-refractivity contribution in [1.82, 2.24) is 5.32 Å². The highest BCUT2D eigenvalue weighted by atomic mass is 35.5. The summed E-state index contributed by atoms with van der Waals surface area (Å²) in [6, 6.07) is 7.11. The van der Waals surface area contributed by atoms with E-state index in [2.05, 4.69) is 17.9 Å². The minimum atomic E-state index is -0.0876. The van der Waals surface area contributed by atoms with Crippen LogP contribution in [0.1, 0.15) is 15.2 Å². The molecule has 100 valence electrons. The number of amides is 1. The molecule has 2 aromatic rings. The van der Waals surface area contributed by atoms with Crippen molar-refractivity contribution in [1.29, 1.82) is 0 Å². The molecule has 1 heterocycles. The number of thiophene rings is 1. The fourth-order valence-corrected chi connectivity index (χ4v) is 3.14. The van der Waals surface area contributed by atoms with Crippen LogP contribution in [0.15, 0.2) is 34.5 Å². The van der Waals surface area contributed by atoms with Gasteiger partial charge >= 0.3 is 0 Å². The molecule has 19 heavy (non-hydrogen) atoms. The summed E-state index contributed by atoms with van der Waals surface area (Å²) in [6.07, 6.45) is 0.668. The van der Waals surface area contributed by atoms with Crippen LogP contribution in [0.2, 0.25) is 10.0 Å². The molecule has 0 unspecified atom stereocenters. The molecule has 0 spiro atoms. The third kappa shape index (κ3) is 4.14. The number of carbonyl (C=O) groups excluding carboxylic acids is 1. The molecule has 1 N–H and O–H groups in total. The van der Waals surface area contributed by atoms with E-state index in [9.17, 15) is 4.79 Å². The van der Waals surface area contributed by atoms with Crippen LogP contribution in [0.3, 0.4) is 0 Å². The number of hydrogen-bond donors (Lipinski definition) is 2. The number of nitrogens with one attached hydrogen (secondary N) is 1. The second-order valence-electron chi connectivity index (χ2n) is 3.91. The lowest BCUT2D eigenvalue weighted by molar-refractivity contribution is 0.0958. The highest BCUT2D eigenvalue weighted by molar-refractivity contribution is 7.80. The second kappa shape index (κ2) is 6.66. The molecule has 0 aliphatic carbocycles. The van der Waals surface area contributed by atoms with Crippen molar-refractivity contribution in [3.8, 4) is 0 Å². The van der Waals surface area contributed by atoms with Crippen LogP contribution in [-0.4, -0.2) is 12.5 Å². The summed E-state index contributed by atoms with van der Waals surface area (Å²) in [4.78, 5) is 13.3. The lowest BCUT2D eigenvalue weighted by atomic mass is 10.1. The van der Waals surface area contributed by atoms with E-state index >= 15 is 0 Å². The topological polar surface area (TPSA) is 29.1 Å². The van der Waals surface area contributed by atoms with Crippen molar-refractivity contribution in [3.05, 3.63) is 50.1 Å². The average molecular weight is 332 g/mol. The summed E-state index contributed by atoms with van der Waals surface area (Å²) in [7, 11) is 0. The Hall–Kier alpha value is -0.680. The maximum Gasteiger partial charge on any atom is 0.261 e. The van der Waals surface area contributed by atoms with E-state index < -0.39 is 0 Å². The Labute approximate surface area is 131 Å². The van der Waals surface area contributed by atoms with Crippen molar-refractivity contribution in [2.75, 3.05) is 6.54 Å². The van der Waals surface area contributed by atoms with Crippen LogP contribution in [0, 0.1) is 0 Å². The first-order valence-electron chi connectivity index (χ1n) is 5.56. The Morgan fingerprint density at radius 3 is 2.74 bits per heavy atom. The van der Waals surface area contributed by atoms with Crippen LogP contribution in [0.5, 0.6) is 0 Å². The molecule has 0 aliphatic rings. The van der Waals surface area contributed by atoms with Gasteiger partial charge in [0.1, 0.15) is 0 Å². The molecule has 0 fully saturated rings. The van der Waals surface area contributed by atoms with Gasteiger partial charge in [-0.2, -0.15) is 0 Å². The standard InChI is InChI=1S/C13H11Cl2NOS2/c14-9-2-1-8(11(15)5-9)3-4-16-13(17)12-6-10(18)7-19-12/h1-2,5-7,18H,3-4H2,(H,16,17). The zero-order valence-corrected chi connectivity index (χ0v) is 13.0. The number of carbonyl (C=O) groups is 1. The second-order valence-corrected chi connectivity index (χ2v) is 6.18. The number of thiol groups is 1. The van der Waals surface area contributed by atoms with Crippen LogP contribution >= 0.6 is 47.2 Å². The summed E-state index contributed by atoms with van der Waals surface area (Å²) in [5, 5.41) is 5.91. The monoisotopic (exact) mass is 331 g/mol. The first kappa shape index (κ1) is 14.7. The quantitative estimate of drug-likeness (QED) is 0.803. The van der Waals surface area contributed by atoms with Crippen molar-refractivity contribution >= 4 is 53.1 Å². The highest BCUT2D eigenvalue weighted by Gasteiger charge is 2.08. The molecule has 0 atom stereocenters. The van der Waals surface area contributed by atoms with E-state index in [0.717, 1.165) is 10.5 Å². The Morgan fingerprint density at radius 1 is 1.32 bits per heavy atom. The van der Waals surface area contributed by atoms with Gasteiger partial charge in [-0.1, -0.05) is 29.3 Å². The summed E-state index contributed by atoms with van der Waals surface area (Å²) >= 11 is 17.4. The smallest absolute Gasteiger partial charge is 0.261 e. The summed E-state index contributed by atoms with van der Waals surface area (Å²) < 4.78 is 0. The normalized spacial score (nSPS) is 10.5. The fourth-order valence-electron chi connectivity index (χ4n) is 1.57. The van der Waals surface area contributed by atoms with Crippen LogP contribution < -0.4 is 5.32 Å². The number of halogens is 2. The van der Waals surface area contributed by atoms with E-state index in [1.165, 1.54) is 11.3 Å². The van der Waals surface area contributed by atoms with E-state index in [1.54, 1.807) is 18.2 Å². The molecule has 2 nitrogen and oxygen atoms in total. The first-order valence-corrected chi connectivity index (χ1v) is 7.64. The van der Waals surface area contributed by atoms with E-state index in [1.807, 2.05) is 11.4 Å². The Balaban J connectivity index is 1.88. The van der Waals surface area contributed by atoms with Crippen LogP contribution in [0.25, 0.3) is 0 Å². The Morgan fingerprint density at radius 2 is 2.11 bits per heavy atom. The lowest BCUT2D eigenvalue weighted by Crippen LogP contribution is -2.24. The van der Waals surface area contributed by atoms with Gasteiger partial charge in [0.25, 0.3) is 5.91 Å². The van der Waals surface area contributed by atoms with Gasteiger partial charge in [-0.15, -0.1) is 24.0 Å². The van der Waals surface area contributed by atoms with Gasteiger partial charge in [0.2, 0.25) is 0 Å². The third-order valence-electron chi connectivity index (χ3n) is 2.50. The van der Waals surface area contributed by atoms with Gasteiger partial charge in [0.05, 0.1) is 4.88 Å². The van der Waals surface area contributed by atoms with Gasteiger partial charge in [-0.25, -0.2) is 0 Å². The largest absolute Gasteiger partial charge is 0.351 e. The SMILES string of the molecule is O=C(NCCc1ccc(Cl)cc1Cl)c1cc(S)cs1. The van der Waals surface area contributed by atoms with Gasteiger partial charge in [-0.3, -0.25) is 4.79 Å². The minimum Gasteiger partial charge on any atom is -0.351 e. The summed E-state index contributed by atoms with van der Waals surface area (Å²) in [5.74, 6) is -0.0876. The van der Waals surface area contributed by atoms with Crippen LogP contribution in [-0.2, 0) is 6.42 Å². The number of benzene rings is 1. The third-order valence-corrected chi connectivity index (χ3v) is 4.45. The highest BCUT2D eigenvalue weighted by Crippen LogP contribution is 2.21. The van der Waals surface area contributed by atoms with Gasteiger partial charge in [0.15, 0.2) is 0 Å². The first-order chi connectivity index (χ1) is 9.06. The minimum absolute atomic E-state index is 0.0876. The molecule has 0 radical (unpaired) electrons. The molecule has 2 rings (SSSR count). The maximum atomic E-state index is 11.8. The molecular weight excluding hydrogens is 321 g/mol.